The number of likely N-dealkylation sites (N-methyl/N-ethyl adjacent to an activating group) is 1. The predicted octanol–water partition coefficient (Wildman–Crippen LogP) is 15.4. The average Bonchev–Trinajstić information content (AvgIpc) is 3.28. The van der Waals surface area contributed by atoms with Crippen LogP contribution in [0.1, 0.15) is 181 Å². The number of hydrogen-bond donors (Lipinski definition) is 3. The number of aliphatic hydroxyl groups excluding tert-OH is 1. The van der Waals surface area contributed by atoms with Gasteiger partial charge in [-0.15, -0.1) is 0 Å². The lowest BCUT2D eigenvalue weighted by Gasteiger charge is -2.25. The zero-order valence-corrected chi connectivity index (χ0v) is 43.5. The van der Waals surface area contributed by atoms with E-state index in [1.54, 1.807) is 6.08 Å². The minimum absolute atomic E-state index is 0.0489. The van der Waals surface area contributed by atoms with Crippen molar-refractivity contribution in [2.75, 3.05) is 40.9 Å². The van der Waals surface area contributed by atoms with Crippen molar-refractivity contribution in [3.05, 3.63) is 122 Å². The van der Waals surface area contributed by atoms with Gasteiger partial charge in [0.1, 0.15) is 13.2 Å². The zero-order valence-electron chi connectivity index (χ0n) is 42.6. The number of hydrogen-bond acceptors (Lipinski definition) is 5. The van der Waals surface area contributed by atoms with E-state index < -0.39 is 20.0 Å². The summed E-state index contributed by atoms with van der Waals surface area (Å²) in [6.07, 6.45) is 70.2. The Hall–Kier alpha value is -3.10. The fourth-order valence-electron chi connectivity index (χ4n) is 6.60. The molecule has 3 N–H and O–H groups in total. The summed E-state index contributed by atoms with van der Waals surface area (Å²) < 4.78 is 23.5. The summed E-state index contributed by atoms with van der Waals surface area (Å²) in [7, 11) is 1.53. The van der Waals surface area contributed by atoms with E-state index in [0.29, 0.717) is 17.4 Å². The van der Waals surface area contributed by atoms with E-state index in [2.05, 4.69) is 129 Å². The van der Waals surface area contributed by atoms with E-state index in [-0.39, 0.29) is 19.1 Å². The van der Waals surface area contributed by atoms with Crippen LogP contribution in [0.3, 0.4) is 0 Å². The summed E-state index contributed by atoms with van der Waals surface area (Å²) in [5.41, 5.74) is 0. The van der Waals surface area contributed by atoms with Gasteiger partial charge in [-0.3, -0.25) is 13.8 Å². The lowest BCUT2D eigenvalue weighted by atomic mass is 10.0. The maximum Gasteiger partial charge on any atom is 0.472 e. The molecular weight excluding hydrogens is 840 g/mol. The summed E-state index contributed by atoms with van der Waals surface area (Å²) in [6, 6.07) is -0.871. The van der Waals surface area contributed by atoms with Crippen LogP contribution in [-0.4, -0.2) is 73.4 Å². The number of carbonyl (C=O) groups is 1. The highest BCUT2D eigenvalue weighted by Gasteiger charge is 2.27. The van der Waals surface area contributed by atoms with E-state index in [0.717, 1.165) is 96.3 Å². The Kier molecular flexibility index (Phi) is 44.8. The Morgan fingerprint density at radius 1 is 0.530 bits per heavy atom. The molecule has 0 heterocycles. The molecule has 0 saturated carbocycles. The number of allylic oxidation sites excluding steroid dienone is 19. The molecule has 0 aliphatic rings. The van der Waals surface area contributed by atoms with Gasteiger partial charge in [-0.05, 0) is 96.3 Å². The number of unbranched alkanes of at least 4 members (excludes halogenated alkanes) is 14. The van der Waals surface area contributed by atoms with Crippen molar-refractivity contribution >= 4 is 13.7 Å². The molecule has 3 atom stereocenters. The Balaban J connectivity index is 4.10. The molecule has 9 heteroatoms. The molecule has 0 radical (unpaired) electrons. The number of carbonyl (C=O) groups excluding carboxylic acids is 1. The minimum Gasteiger partial charge on any atom is -0.387 e. The molecule has 8 nitrogen and oxygen atoms in total. The van der Waals surface area contributed by atoms with Crippen LogP contribution in [0.15, 0.2) is 122 Å². The second-order valence-electron chi connectivity index (χ2n) is 18.2. The molecule has 376 valence electrons. The van der Waals surface area contributed by atoms with Crippen LogP contribution in [0.5, 0.6) is 0 Å². The van der Waals surface area contributed by atoms with Gasteiger partial charge in [0.15, 0.2) is 0 Å². The van der Waals surface area contributed by atoms with E-state index in [4.69, 9.17) is 9.05 Å². The van der Waals surface area contributed by atoms with E-state index in [9.17, 15) is 19.4 Å². The van der Waals surface area contributed by atoms with Gasteiger partial charge >= 0.3 is 7.82 Å². The van der Waals surface area contributed by atoms with E-state index >= 15 is 0 Å². The Bertz CT molecular complexity index is 1480. The van der Waals surface area contributed by atoms with Crippen molar-refractivity contribution in [2.24, 2.45) is 0 Å². The van der Waals surface area contributed by atoms with E-state index in [1.165, 1.54) is 64.2 Å². The molecule has 0 fully saturated rings. The first-order valence-electron chi connectivity index (χ1n) is 25.9. The monoisotopic (exact) mass is 938 g/mol. The lowest BCUT2D eigenvalue weighted by molar-refractivity contribution is -0.870. The van der Waals surface area contributed by atoms with Crippen LogP contribution in [-0.2, 0) is 18.4 Å². The topological polar surface area (TPSA) is 105 Å². The zero-order chi connectivity index (χ0) is 48.5. The van der Waals surface area contributed by atoms with Crippen molar-refractivity contribution in [3.8, 4) is 0 Å². The van der Waals surface area contributed by atoms with Crippen LogP contribution in [0.25, 0.3) is 0 Å². The number of amides is 1. The Morgan fingerprint density at radius 3 is 1.39 bits per heavy atom. The standard InChI is InChI=1S/C57H97N2O6P/c1-6-8-10-12-14-16-17-18-19-20-21-22-23-24-25-26-27-28-29-30-31-32-33-34-35-36-37-38-39-40-41-43-45-47-49-51-57(61)58-55(54-65-66(62,63)64-53-52-59(3,4)5)56(60)50-48-46-44-42-15-13-11-9-7-2/h8,10,14-16,18-19,21-22,24-25,27-28,30-31,33-34,42,48,50,55-56,60H,6-7,9,11-13,17,20,23,26,29,32,35-41,43-47,49,51-54H2,1-5H3,(H-,58,61,62,63)/p+1/b10-8-,16-14-,19-18-,22-21-,25-24-,28-27-,31-30-,34-33-,42-15+,50-48+. The molecule has 0 spiro atoms. The van der Waals surface area contributed by atoms with Gasteiger partial charge in [0.2, 0.25) is 5.91 Å². The third-order valence-corrected chi connectivity index (χ3v) is 11.6. The second-order valence-corrected chi connectivity index (χ2v) is 19.6. The maximum absolute atomic E-state index is 12.9. The quantitative estimate of drug-likeness (QED) is 0.0243. The van der Waals surface area contributed by atoms with E-state index in [1.807, 2.05) is 27.2 Å². The van der Waals surface area contributed by atoms with Crippen molar-refractivity contribution < 1.29 is 32.9 Å². The largest absolute Gasteiger partial charge is 0.472 e. The summed E-state index contributed by atoms with van der Waals surface area (Å²) in [5, 5.41) is 13.8. The molecule has 0 aromatic rings. The van der Waals surface area contributed by atoms with Gasteiger partial charge in [0, 0.05) is 6.42 Å². The van der Waals surface area contributed by atoms with Crippen LogP contribution in [0.2, 0.25) is 0 Å². The van der Waals surface area contributed by atoms with Gasteiger partial charge in [-0.1, -0.05) is 200 Å². The number of phosphoric acid groups is 1. The third kappa shape index (κ3) is 48.8. The molecule has 0 aliphatic heterocycles. The lowest BCUT2D eigenvalue weighted by Crippen LogP contribution is -2.45. The number of nitrogens with one attached hydrogen (secondary N) is 1. The first-order chi connectivity index (χ1) is 32.0. The van der Waals surface area contributed by atoms with Gasteiger partial charge < -0.3 is 19.8 Å². The van der Waals surface area contributed by atoms with Crippen molar-refractivity contribution in [3.63, 3.8) is 0 Å². The molecule has 1 amide bonds. The highest BCUT2D eigenvalue weighted by Crippen LogP contribution is 2.43. The third-order valence-electron chi connectivity index (χ3n) is 10.7. The number of quaternary nitrogens is 1. The number of aliphatic hydroxyl groups is 1. The van der Waals surface area contributed by atoms with Gasteiger partial charge in [-0.2, -0.15) is 0 Å². The molecule has 0 rings (SSSR count). The Labute approximate surface area is 405 Å². The molecule has 0 aromatic carbocycles. The van der Waals surface area contributed by atoms with Crippen LogP contribution < -0.4 is 5.32 Å². The number of nitrogens with zero attached hydrogens (tertiary/aromatic N) is 1. The van der Waals surface area contributed by atoms with Gasteiger partial charge in [0.25, 0.3) is 0 Å². The highest BCUT2D eigenvalue weighted by molar-refractivity contribution is 7.47. The minimum atomic E-state index is -4.35. The first-order valence-corrected chi connectivity index (χ1v) is 27.4. The van der Waals surface area contributed by atoms with Crippen LogP contribution >= 0.6 is 7.82 Å². The summed E-state index contributed by atoms with van der Waals surface area (Å²) in [4.78, 5) is 23.1. The molecule has 3 unspecified atom stereocenters. The summed E-state index contributed by atoms with van der Waals surface area (Å²) in [5.74, 6) is -0.201. The summed E-state index contributed by atoms with van der Waals surface area (Å²) in [6.45, 7) is 4.59. The van der Waals surface area contributed by atoms with Crippen molar-refractivity contribution in [1.29, 1.82) is 0 Å². The normalized spacial score (nSPS) is 15.1. The average molecular weight is 938 g/mol. The van der Waals surface area contributed by atoms with Crippen molar-refractivity contribution in [1.82, 2.24) is 5.32 Å². The fraction of sp³-hybridized carbons (Fsp3) is 0.632. The SMILES string of the molecule is CC/C=C\C/C=C\C/C=C\C/C=C\C/C=C\C/C=C\C/C=C\C/C=C\CCCCCCCCCCCCC(=O)NC(COP(=O)(O)OCC[N+](C)(C)C)C(O)/C=C/CC/C=C/CCCCC. The molecule has 66 heavy (non-hydrogen) atoms. The highest BCUT2D eigenvalue weighted by atomic mass is 31.2. The number of rotatable bonds is 45. The Morgan fingerprint density at radius 2 is 0.924 bits per heavy atom. The maximum atomic E-state index is 12.9. The van der Waals surface area contributed by atoms with Gasteiger partial charge in [-0.25, -0.2) is 4.57 Å². The van der Waals surface area contributed by atoms with Gasteiger partial charge in [0.05, 0.1) is 39.9 Å². The van der Waals surface area contributed by atoms with Crippen LogP contribution in [0, 0.1) is 0 Å². The molecular formula is C57H98N2O6P+. The fourth-order valence-corrected chi connectivity index (χ4v) is 7.34. The first kappa shape index (κ1) is 62.9. The molecule has 0 bridgehead atoms. The predicted molar refractivity (Wildman–Crippen MR) is 285 cm³/mol. The smallest absolute Gasteiger partial charge is 0.387 e. The molecule has 0 saturated heterocycles. The summed E-state index contributed by atoms with van der Waals surface area (Å²) >= 11 is 0. The molecule has 0 aliphatic carbocycles. The van der Waals surface area contributed by atoms with Crippen molar-refractivity contribution in [2.45, 2.75) is 193 Å². The van der Waals surface area contributed by atoms with Crippen LogP contribution in [0.4, 0.5) is 0 Å². The second kappa shape index (κ2) is 47.0. The number of phosphoric ester groups is 1. The molecule has 0 aromatic heterocycles.